The van der Waals surface area contributed by atoms with Gasteiger partial charge in [0.15, 0.2) is 5.13 Å². The van der Waals surface area contributed by atoms with Crippen LogP contribution in [0.1, 0.15) is 15.2 Å². The van der Waals surface area contributed by atoms with Gasteiger partial charge in [-0.05, 0) is 36.4 Å². The Kier molecular flexibility index (Phi) is 11.3. The molecule has 1 aliphatic rings. The van der Waals surface area contributed by atoms with Crippen LogP contribution in [0.25, 0.3) is 0 Å². The van der Waals surface area contributed by atoms with E-state index in [-0.39, 0.29) is 69.2 Å². The molecular formula is C20H23Cl5N6OS. The number of thiazole rings is 1. The van der Waals surface area contributed by atoms with E-state index in [1.165, 1.54) is 11.8 Å². The molecule has 33 heavy (non-hydrogen) atoms. The molecule has 1 aliphatic heterocycles. The van der Waals surface area contributed by atoms with Crippen molar-refractivity contribution in [2.75, 3.05) is 47.9 Å². The van der Waals surface area contributed by atoms with Crippen LogP contribution in [0.3, 0.4) is 0 Å². The van der Waals surface area contributed by atoms with E-state index >= 15 is 0 Å². The minimum atomic E-state index is -0.408. The Morgan fingerprint density at radius 1 is 1.03 bits per heavy atom. The summed E-state index contributed by atoms with van der Waals surface area (Å²) in [5.41, 5.74) is 14.2. The number of nitrogens with two attached hydrogens (primary N) is 2. The number of hydrogen-bond acceptors (Lipinski definition) is 8. The zero-order chi connectivity index (χ0) is 21.3. The fourth-order valence-electron chi connectivity index (χ4n) is 3.24. The summed E-state index contributed by atoms with van der Waals surface area (Å²) >= 11 is 13.5. The lowest BCUT2D eigenvalue weighted by Gasteiger charge is -2.29. The van der Waals surface area contributed by atoms with Crippen molar-refractivity contribution in [3.63, 3.8) is 0 Å². The molecule has 0 radical (unpaired) electrons. The highest BCUT2D eigenvalue weighted by molar-refractivity contribution is 7.18. The summed E-state index contributed by atoms with van der Waals surface area (Å²) in [7, 11) is 0. The fraction of sp³-hybridized carbons (Fsp3) is 0.200. The van der Waals surface area contributed by atoms with E-state index in [0.717, 1.165) is 43.2 Å². The Labute approximate surface area is 224 Å². The van der Waals surface area contributed by atoms with Gasteiger partial charge >= 0.3 is 0 Å². The monoisotopic (exact) mass is 570 g/mol. The number of hydrogen-bond donors (Lipinski definition) is 4. The Morgan fingerprint density at radius 3 is 2.30 bits per heavy atom. The second-order valence-electron chi connectivity index (χ2n) is 6.80. The van der Waals surface area contributed by atoms with Crippen molar-refractivity contribution in [2.24, 2.45) is 0 Å². The molecule has 4 rings (SSSR count). The van der Waals surface area contributed by atoms with Crippen molar-refractivity contribution in [2.45, 2.75) is 0 Å². The number of carbonyl (C=O) groups excluding carboxylic acids is 1. The second-order valence-corrected chi connectivity index (χ2v) is 8.58. The predicted octanol–water partition coefficient (Wildman–Crippen LogP) is 5.26. The Balaban J connectivity index is 0.00000181. The highest BCUT2D eigenvalue weighted by Gasteiger charge is 2.24. The van der Waals surface area contributed by atoms with Gasteiger partial charge in [0.2, 0.25) is 5.78 Å². The van der Waals surface area contributed by atoms with E-state index < -0.39 is 5.78 Å². The largest absolute Gasteiger partial charge is 0.398 e. The molecule has 1 aromatic heterocycles. The van der Waals surface area contributed by atoms with Gasteiger partial charge in [0, 0.05) is 37.6 Å². The summed E-state index contributed by atoms with van der Waals surface area (Å²) in [6, 6.07) is 11.1. The van der Waals surface area contributed by atoms with Gasteiger partial charge in [0.05, 0.1) is 21.3 Å². The number of nitrogens with one attached hydrogen (secondary N) is 2. The van der Waals surface area contributed by atoms with E-state index in [9.17, 15) is 4.79 Å². The number of rotatable bonds is 5. The third-order valence-electron chi connectivity index (χ3n) is 4.81. The molecule has 3 aromatic rings. The number of nitrogen functional groups attached to an aromatic ring is 2. The summed E-state index contributed by atoms with van der Waals surface area (Å²) in [5, 5.41) is 7.36. The molecule has 1 saturated heterocycles. The first kappa shape index (κ1) is 29.4. The predicted molar refractivity (Wildman–Crippen MR) is 147 cm³/mol. The van der Waals surface area contributed by atoms with Crippen molar-refractivity contribution in [3.8, 4) is 0 Å². The van der Waals surface area contributed by atoms with Gasteiger partial charge in [-0.25, -0.2) is 4.98 Å². The molecule has 7 nitrogen and oxygen atoms in total. The zero-order valence-corrected chi connectivity index (χ0v) is 21.9. The van der Waals surface area contributed by atoms with Gasteiger partial charge in [0.25, 0.3) is 0 Å². The number of aromatic nitrogens is 1. The summed E-state index contributed by atoms with van der Waals surface area (Å²) in [4.78, 5) is 19.8. The first-order valence-electron chi connectivity index (χ1n) is 9.31. The van der Waals surface area contributed by atoms with E-state index in [4.69, 9.17) is 34.7 Å². The van der Waals surface area contributed by atoms with Crippen LogP contribution in [-0.2, 0) is 0 Å². The maximum atomic E-state index is 13.0. The molecule has 0 amide bonds. The van der Waals surface area contributed by atoms with Crippen LogP contribution in [0, 0.1) is 0 Å². The van der Waals surface area contributed by atoms with Gasteiger partial charge in [-0.3, -0.25) is 4.79 Å². The smallest absolute Gasteiger partial charge is 0.209 e. The second kappa shape index (κ2) is 12.7. The minimum absolute atomic E-state index is 0. The van der Waals surface area contributed by atoms with Crippen LogP contribution in [-0.4, -0.2) is 36.9 Å². The SMILES string of the molecule is Cl.Cl.Cl.Nc1ccc(Cl)c(C(=O)c2sc(Nc3ccc(N4CCNCC4)cc3)nc2N)c1Cl. The van der Waals surface area contributed by atoms with Gasteiger partial charge in [-0.15, -0.1) is 37.2 Å². The molecule has 13 heteroatoms. The molecule has 2 heterocycles. The highest BCUT2D eigenvalue weighted by atomic mass is 35.5. The molecule has 1 fully saturated rings. The number of carbonyl (C=O) groups is 1. The third-order valence-corrected chi connectivity index (χ3v) is 6.52. The first-order valence-corrected chi connectivity index (χ1v) is 10.9. The number of anilines is 5. The lowest BCUT2D eigenvalue weighted by atomic mass is 10.1. The molecule has 180 valence electrons. The maximum absolute atomic E-state index is 13.0. The Bertz CT molecular complexity index is 1090. The number of benzene rings is 2. The molecule has 0 atom stereocenters. The van der Waals surface area contributed by atoms with Gasteiger partial charge in [-0.2, -0.15) is 0 Å². The standard InChI is InChI=1S/C20H20Cl2N6OS.3ClH/c21-13-5-6-14(23)16(22)15(13)17(29)18-19(24)27-20(30-18)26-11-1-3-12(4-2-11)28-9-7-25-8-10-28;;;/h1-6,25H,7-10,23-24H2,(H,26,27);3*1H. The summed E-state index contributed by atoms with van der Waals surface area (Å²) < 4.78 is 0. The summed E-state index contributed by atoms with van der Waals surface area (Å²) in [6.07, 6.45) is 0. The molecule has 0 saturated carbocycles. The van der Waals surface area contributed by atoms with Crippen molar-refractivity contribution in [1.29, 1.82) is 0 Å². The van der Waals surface area contributed by atoms with Crippen LogP contribution in [0.2, 0.25) is 10.0 Å². The zero-order valence-electron chi connectivity index (χ0n) is 17.1. The number of nitrogens with zero attached hydrogens (tertiary/aromatic N) is 2. The van der Waals surface area contributed by atoms with Gasteiger partial charge in [-0.1, -0.05) is 34.5 Å². The maximum Gasteiger partial charge on any atom is 0.209 e. The number of halogens is 5. The topological polar surface area (TPSA) is 109 Å². The van der Waals surface area contributed by atoms with Crippen molar-refractivity contribution < 1.29 is 4.79 Å². The van der Waals surface area contributed by atoms with Gasteiger partial charge in [0.1, 0.15) is 10.7 Å². The van der Waals surface area contributed by atoms with Crippen LogP contribution in [0.4, 0.5) is 28.0 Å². The van der Waals surface area contributed by atoms with E-state index in [0.29, 0.717) is 5.13 Å². The van der Waals surface area contributed by atoms with E-state index in [2.05, 4.69) is 32.7 Å². The first-order chi connectivity index (χ1) is 14.4. The van der Waals surface area contributed by atoms with Crippen molar-refractivity contribution in [1.82, 2.24) is 10.3 Å². The molecule has 0 bridgehead atoms. The fourth-order valence-corrected chi connectivity index (χ4v) is 4.63. The average Bonchev–Trinajstić information content (AvgIpc) is 3.12. The van der Waals surface area contributed by atoms with E-state index in [1.54, 1.807) is 6.07 Å². The Hall–Kier alpha value is -1.65. The number of ketones is 1. The van der Waals surface area contributed by atoms with E-state index in [1.807, 2.05) is 12.1 Å². The third kappa shape index (κ3) is 6.48. The van der Waals surface area contributed by atoms with Crippen LogP contribution in [0.15, 0.2) is 36.4 Å². The lowest BCUT2D eigenvalue weighted by Crippen LogP contribution is -2.43. The molecule has 0 unspecified atom stereocenters. The molecule has 2 aromatic carbocycles. The van der Waals surface area contributed by atoms with Crippen molar-refractivity contribution in [3.05, 3.63) is 56.9 Å². The minimum Gasteiger partial charge on any atom is -0.398 e. The average molecular weight is 573 g/mol. The summed E-state index contributed by atoms with van der Waals surface area (Å²) in [6.45, 7) is 3.93. The van der Waals surface area contributed by atoms with Gasteiger partial charge < -0.3 is 27.0 Å². The molecule has 0 spiro atoms. The molecular weight excluding hydrogens is 550 g/mol. The molecule has 6 N–H and O–H groups in total. The molecule has 0 aliphatic carbocycles. The quantitative estimate of drug-likeness (QED) is 0.244. The summed E-state index contributed by atoms with van der Waals surface area (Å²) in [5.74, 6) is -0.297. The normalized spacial score (nSPS) is 12.7. The van der Waals surface area contributed by atoms with Crippen molar-refractivity contribution >= 4 is 106 Å². The number of piperazine rings is 1. The van der Waals surface area contributed by atoms with Crippen LogP contribution >= 0.6 is 71.8 Å². The Morgan fingerprint density at radius 2 is 1.67 bits per heavy atom. The lowest BCUT2D eigenvalue weighted by molar-refractivity contribution is 0.104. The van der Waals surface area contributed by atoms with Crippen LogP contribution < -0.4 is 27.0 Å². The van der Waals surface area contributed by atoms with Crippen LogP contribution in [0.5, 0.6) is 0 Å². The highest BCUT2D eigenvalue weighted by Crippen LogP contribution is 2.36.